The van der Waals surface area contributed by atoms with E-state index in [2.05, 4.69) is 5.32 Å². The molecule has 0 aliphatic rings. The zero-order valence-electron chi connectivity index (χ0n) is 21.6. The molecule has 0 radical (unpaired) electrons. The highest BCUT2D eigenvalue weighted by Crippen LogP contribution is 2.24. The molecule has 2 amide bonds. The lowest BCUT2D eigenvalue weighted by Gasteiger charge is -2.32. The maximum Gasteiger partial charge on any atom is 0.242 e. The Kier molecular flexibility index (Phi) is 10.2. The van der Waals surface area contributed by atoms with Gasteiger partial charge in [0, 0.05) is 25.0 Å². The molecule has 7 nitrogen and oxygen atoms in total. The molecule has 0 aliphatic heterocycles. The number of nitrogens with one attached hydrogen (secondary N) is 1. The van der Waals surface area contributed by atoms with Crippen molar-refractivity contribution in [2.45, 2.75) is 65.6 Å². The van der Waals surface area contributed by atoms with Gasteiger partial charge in [0.1, 0.15) is 6.04 Å². The van der Waals surface area contributed by atoms with E-state index in [0.29, 0.717) is 15.7 Å². The minimum atomic E-state index is -3.54. The van der Waals surface area contributed by atoms with Crippen molar-refractivity contribution in [2.24, 2.45) is 0 Å². The topological polar surface area (TPSA) is 86.8 Å². The number of nitrogens with zero attached hydrogens (tertiary/aromatic N) is 2. The molecule has 1 N–H and O–H groups in total. The molecule has 1 atom stereocenters. The van der Waals surface area contributed by atoms with Crippen LogP contribution in [0.3, 0.4) is 0 Å². The number of anilines is 1. The van der Waals surface area contributed by atoms with E-state index in [-0.39, 0.29) is 37.7 Å². The number of hydrogen-bond acceptors (Lipinski definition) is 4. The summed E-state index contributed by atoms with van der Waals surface area (Å²) in [6.45, 7) is 9.46. The maximum absolute atomic E-state index is 13.4. The number of halogens is 2. The number of carbonyl (C=O) groups is 2. The smallest absolute Gasteiger partial charge is 0.242 e. The Labute approximate surface area is 224 Å². The zero-order valence-corrected chi connectivity index (χ0v) is 24.0. The van der Waals surface area contributed by atoms with E-state index < -0.39 is 21.6 Å². The second-order valence-corrected chi connectivity index (χ2v) is 12.7. The summed E-state index contributed by atoms with van der Waals surface area (Å²) in [5, 5.41) is 3.67. The summed E-state index contributed by atoms with van der Waals surface area (Å²) >= 11 is 12.2. The molecule has 0 unspecified atom stereocenters. The van der Waals surface area contributed by atoms with Gasteiger partial charge in [0.15, 0.2) is 0 Å². The van der Waals surface area contributed by atoms with Gasteiger partial charge in [-0.15, -0.1) is 0 Å². The summed E-state index contributed by atoms with van der Waals surface area (Å²) in [4.78, 5) is 27.7. The molecule has 0 saturated heterocycles. The minimum absolute atomic E-state index is 0.0618. The van der Waals surface area contributed by atoms with Gasteiger partial charge in [0.25, 0.3) is 0 Å². The minimum Gasteiger partial charge on any atom is -0.350 e. The molecule has 0 heterocycles. The zero-order chi connectivity index (χ0) is 27.3. The third-order valence-corrected chi connectivity index (χ3v) is 7.38. The van der Waals surface area contributed by atoms with Crippen LogP contribution in [0.4, 0.5) is 5.69 Å². The summed E-state index contributed by atoms with van der Waals surface area (Å²) in [7, 11) is -3.54. The highest BCUT2D eigenvalue weighted by Gasteiger charge is 2.28. The van der Waals surface area contributed by atoms with Crippen LogP contribution >= 0.6 is 23.2 Å². The van der Waals surface area contributed by atoms with Crippen LogP contribution in [0.5, 0.6) is 0 Å². The molecule has 198 valence electrons. The SMILES string of the molecule is Cc1cccc(N(CCCC(=O)N(Cc2ccc(Cl)c(Cl)c2)[C@H](C)C(=O)NC(C)(C)C)S(C)(=O)=O)c1. The lowest BCUT2D eigenvalue weighted by Crippen LogP contribution is -2.52. The van der Waals surface area contributed by atoms with Gasteiger partial charge >= 0.3 is 0 Å². The molecule has 10 heteroatoms. The number of rotatable bonds is 10. The van der Waals surface area contributed by atoms with E-state index in [1.54, 1.807) is 43.3 Å². The maximum atomic E-state index is 13.4. The summed E-state index contributed by atoms with van der Waals surface area (Å²) < 4.78 is 26.2. The third kappa shape index (κ3) is 8.98. The summed E-state index contributed by atoms with van der Waals surface area (Å²) in [5.74, 6) is -0.552. The molecule has 2 aromatic rings. The molecule has 36 heavy (non-hydrogen) atoms. The average Bonchev–Trinajstić information content (AvgIpc) is 2.74. The average molecular weight is 557 g/mol. The van der Waals surface area contributed by atoms with E-state index >= 15 is 0 Å². The van der Waals surface area contributed by atoms with E-state index in [1.165, 1.54) is 9.21 Å². The van der Waals surface area contributed by atoms with Gasteiger partial charge in [-0.3, -0.25) is 13.9 Å². The van der Waals surface area contributed by atoms with Crippen LogP contribution in [0.15, 0.2) is 42.5 Å². The van der Waals surface area contributed by atoms with Crippen LogP contribution in [-0.2, 0) is 26.2 Å². The standard InChI is InChI=1S/C26H35Cl2N3O4S/c1-18-9-7-10-21(15-18)31(36(6,34)35)14-8-11-24(32)30(19(2)25(33)29-26(3,4)5)17-20-12-13-22(27)23(28)16-20/h7,9-10,12-13,15-16,19H,8,11,14,17H2,1-6H3,(H,29,33)/t19-/m1/s1. The second kappa shape index (κ2) is 12.3. The predicted molar refractivity (Wildman–Crippen MR) is 147 cm³/mol. The van der Waals surface area contributed by atoms with E-state index in [9.17, 15) is 18.0 Å². The summed E-state index contributed by atoms with van der Waals surface area (Å²) in [6, 6.07) is 11.5. The van der Waals surface area contributed by atoms with Crippen LogP contribution in [0, 0.1) is 6.92 Å². The van der Waals surface area contributed by atoms with Crippen molar-refractivity contribution < 1.29 is 18.0 Å². The Morgan fingerprint density at radius 3 is 2.28 bits per heavy atom. The molecule has 2 rings (SSSR count). The Hall–Kier alpha value is -2.29. The molecule has 0 aliphatic carbocycles. The number of amides is 2. The van der Waals surface area contributed by atoms with Crippen molar-refractivity contribution in [1.29, 1.82) is 0 Å². The number of carbonyl (C=O) groups excluding carboxylic acids is 2. The number of benzene rings is 2. The fourth-order valence-electron chi connectivity index (χ4n) is 3.68. The van der Waals surface area contributed by atoms with Gasteiger partial charge in [-0.1, -0.05) is 41.4 Å². The largest absolute Gasteiger partial charge is 0.350 e. The van der Waals surface area contributed by atoms with Gasteiger partial charge in [-0.05, 0) is 76.4 Å². The van der Waals surface area contributed by atoms with Crippen LogP contribution < -0.4 is 9.62 Å². The van der Waals surface area contributed by atoms with Crippen LogP contribution in [-0.4, -0.2) is 49.5 Å². The van der Waals surface area contributed by atoms with Crippen LogP contribution in [0.25, 0.3) is 0 Å². The molecular formula is C26H35Cl2N3O4S. The fourth-order valence-corrected chi connectivity index (χ4v) is 4.96. The number of sulfonamides is 1. The second-order valence-electron chi connectivity index (χ2n) is 9.96. The van der Waals surface area contributed by atoms with Crippen LogP contribution in [0.2, 0.25) is 10.0 Å². The highest BCUT2D eigenvalue weighted by molar-refractivity contribution is 7.92. The van der Waals surface area contributed by atoms with Crippen molar-refractivity contribution in [3.05, 3.63) is 63.6 Å². The normalized spacial score (nSPS) is 12.7. The Balaban J connectivity index is 2.22. The van der Waals surface area contributed by atoms with Crippen LogP contribution in [0.1, 0.15) is 51.7 Å². The first-order valence-electron chi connectivity index (χ1n) is 11.7. The van der Waals surface area contributed by atoms with Gasteiger partial charge in [-0.2, -0.15) is 0 Å². The van der Waals surface area contributed by atoms with Gasteiger partial charge in [0.2, 0.25) is 21.8 Å². The summed E-state index contributed by atoms with van der Waals surface area (Å²) in [6.07, 6.45) is 1.49. The fraction of sp³-hybridized carbons (Fsp3) is 0.462. The first kappa shape index (κ1) is 29.9. The van der Waals surface area contributed by atoms with Crippen molar-refractivity contribution in [1.82, 2.24) is 10.2 Å². The summed E-state index contributed by atoms with van der Waals surface area (Å²) in [5.41, 5.74) is 1.75. The molecule has 0 saturated carbocycles. The number of aryl methyl sites for hydroxylation is 1. The Morgan fingerprint density at radius 1 is 1.06 bits per heavy atom. The van der Waals surface area contributed by atoms with Gasteiger partial charge < -0.3 is 10.2 Å². The molecule has 0 bridgehead atoms. The quantitative estimate of drug-likeness (QED) is 0.437. The van der Waals surface area contributed by atoms with E-state index in [4.69, 9.17) is 23.2 Å². The monoisotopic (exact) mass is 555 g/mol. The molecule has 0 spiro atoms. The first-order chi connectivity index (χ1) is 16.6. The molecule has 2 aromatic carbocycles. The Morgan fingerprint density at radius 2 is 1.72 bits per heavy atom. The molecular weight excluding hydrogens is 521 g/mol. The number of hydrogen-bond donors (Lipinski definition) is 1. The molecule has 0 aromatic heterocycles. The van der Waals surface area contributed by atoms with E-state index in [0.717, 1.165) is 17.4 Å². The lowest BCUT2D eigenvalue weighted by atomic mass is 10.1. The highest BCUT2D eigenvalue weighted by atomic mass is 35.5. The Bertz CT molecular complexity index is 1200. The van der Waals surface area contributed by atoms with Crippen molar-refractivity contribution in [2.75, 3.05) is 17.1 Å². The lowest BCUT2D eigenvalue weighted by molar-refractivity contribution is -0.141. The van der Waals surface area contributed by atoms with Gasteiger partial charge in [-0.25, -0.2) is 8.42 Å². The van der Waals surface area contributed by atoms with E-state index in [1.807, 2.05) is 33.8 Å². The third-order valence-electron chi connectivity index (χ3n) is 5.44. The van der Waals surface area contributed by atoms with Crippen molar-refractivity contribution in [3.63, 3.8) is 0 Å². The van der Waals surface area contributed by atoms with Crippen molar-refractivity contribution in [3.8, 4) is 0 Å². The first-order valence-corrected chi connectivity index (χ1v) is 14.3. The molecule has 0 fully saturated rings. The van der Waals surface area contributed by atoms with Gasteiger partial charge in [0.05, 0.1) is 22.0 Å². The van der Waals surface area contributed by atoms with Crippen molar-refractivity contribution >= 4 is 50.7 Å². The predicted octanol–water partition coefficient (Wildman–Crippen LogP) is 5.18.